The van der Waals surface area contributed by atoms with Gasteiger partial charge in [0.05, 0.1) is 20.2 Å². The van der Waals surface area contributed by atoms with Gasteiger partial charge in [0.15, 0.2) is 17.5 Å². The molecule has 1 aliphatic heterocycles. The number of benzene rings is 1. The Balaban J connectivity index is 0.00000363. The van der Waals surface area contributed by atoms with Crippen LogP contribution in [0.1, 0.15) is 34.4 Å². The predicted molar refractivity (Wildman–Crippen MR) is 121 cm³/mol. The van der Waals surface area contributed by atoms with Crippen LogP contribution in [0.2, 0.25) is 0 Å². The molecule has 0 saturated heterocycles. The van der Waals surface area contributed by atoms with Gasteiger partial charge >= 0.3 is 12.6 Å². The fourth-order valence-corrected chi connectivity index (χ4v) is 2.91. The molecular formula is C20H24F2IN3O6. The van der Waals surface area contributed by atoms with Crippen molar-refractivity contribution in [3.8, 4) is 17.2 Å². The molecule has 0 unspecified atom stereocenters. The number of ether oxygens (including phenoxy) is 4. The van der Waals surface area contributed by atoms with Crippen LogP contribution in [0.5, 0.6) is 17.2 Å². The van der Waals surface area contributed by atoms with Crippen LogP contribution in [-0.4, -0.2) is 39.0 Å². The van der Waals surface area contributed by atoms with Crippen LogP contribution in [0.4, 0.5) is 8.78 Å². The number of halogens is 3. The molecule has 176 valence electrons. The predicted octanol–water partition coefficient (Wildman–Crippen LogP) is 3.58. The number of alkyl halides is 2. The first-order valence-electron chi connectivity index (χ1n) is 9.48. The number of aliphatic imine (C=N–C) groups is 1. The number of furan rings is 1. The second kappa shape index (κ2) is 11.7. The molecule has 0 aliphatic carbocycles. The molecular weight excluding hydrogens is 543 g/mol. The largest absolute Gasteiger partial charge is 0.465 e. The second-order valence-electron chi connectivity index (χ2n) is 6.41. The SMILES string of the molecule is CCNC(=NCc1cc2c(cc1OC(F)F)OCO2)NCc1cc(C(=O)OC)c(C)o1.I. The van der Waals surface area contributed by atoms with E-state index in [4.69, 9.17) is 18.6 Å². The van der Waals surface area contributed by atoms with Gasteiger partial charge in [-0.3, -0.25) is 0 Å². The van der Waals surface area contributed by atoms with E-state index in [1.165, 1.54) is 13.2 Å². The normalized spacial score (nSPS) is 12.4. The summed E-state index contributed by atoms with van der Waals surface area (Å²) in [6.45, 7) is 1.42. The Morgan fingerprint density at radius 1 is 1.22 bits per heavy atom. The third-order valence-electron chi connectivity index (χ3n) is 4.33. The van der Waals surface area contributed by atoms with Gasteiger partial charge in [0, 0.05) is 18.2 Å². The fourth-order valence-electron chi connectivity index (χ4n) is 2.91. The van der Waals surface area contributed by atoms with E-state index in [0.717, 1.165) is 0 Å². The van der Waals surface area contributed by atoms with Gasteiger partial charge in [-0.1, -0.05) is 0 Å². The molecule has 2 heterocycles. The summed E-state index contributed by atoms with van der Waals surface area (Å²) in [4.78, 5) is 16.1. The van der Waals surface area contributed by atoms with E-state index < -0.39 is 12.6 Å². The number of methoxy groups -OCH3 is 1. The highest BCUT2D eigenvalue weighted by Gasteiger charge is 2.20. The van der Waals surface area contributed by atoms with Crippen molar-refractivity contribution in [2.75, 3.05) is 20.4 Å². The van der Waals surface area contributed by atoms with Gasteiger partial charge in [-0.05, 0) is 26.0 Å². The van der Waals surface area contributed by atoms with Crippen LogP contribution in [0.25, 0.3) is 0 Å². The van der Waals surface area contributed by atoms with Gasteiger partial charge in [-0.2, -0.15) is 8.78 Å². The number of hydrogen-bond donors (Lipinski definition) is 2. The van der Waals surface area contributed by atoms with Gasteiger partial charge in [0.25, 0.3) is 0 Å². The van der Waals surface area contributed by atoms with Gasteiger partial charge in [-0.15, -0.1) is 24.0 Å². The molecule has 1 aromatic carbocycles. The van der Waals surface area contributed by atoms with E-state index in [-0.39, 0.29) is 49.6 Å². The topological polar surface area (TPSA) is 104 Å². The third-order valence-corrected chi connectivity index (χ3v) is 4.33. The summed E-state index contributed by atoms with van der Waals surface area (Å²) in [5, 5.41) is 6.12. The fraction of sp³-hybridized carbons (Fsp3) is 0.400. The van der Waals surface area contributed by atoms with Crippen molar-refractivity contribution in [2.24, 2.45) is 4.99 Å². The molecule has 1 aromatic heterocycles. The molecule has 12 heteroatoms. The first-order chi connectivity index (χ1) is 14.9. The molecule has 3 rings (SSSR count). The molecule has 0 atom stereocenters. The molecule has 32 heavy (non-hydrogen) atoms. The summed E-state index contributed by atoms with van der Waals surface area (Å²) < 4.78 is 51.0. The van der Waals surface area contributed by atoms with Gasteiger partial charge < -0.3 is 34.0 Å². The lowest BCUT2D eigenvalue weighted by atomic mass is 10.1. The highest BCUT2D eigenvalue weighted by molar-refractivity contribution is 14.0. The van der Waals surface area contributed by atoms with E-state index in [1.54, 1.807) is 19.1 Å². The lowest BCUT2D eigenvalue weighted by Gasteiger charge is -2.13. The van der Waals surface area contributed by atoms with Gasteiger partial charge in [0.1, 0.15) is 22.8 Å². The van der Waals surface area contributed by atoms with Crippen molar-refractivity contribution in [1.29, 1.82) is 0 Å². The molecule has 0 amide bonds. The molecule has 0 radical (unpaired) electrons. The average molecular weight is 567 g/mol. The molecule has 9 nitrogen and oxygen atoms in total. The van der Waals surface area contributed by atoms with Crippen molar-refractivity contribution in [3.05, 3.63) is 40.8 Å². The standard InChI is InChI=1S/C20H23F2N3O6.HI/c1-4-23-20(25-9-13-6-14(11(2)30-13)18(26)27-3)24-8-12-5-16-17(29-10-28-16)7-15(12)31-19(21)22;/h5-7,19H,4,8-10H2,1-3H3,(H2,23,24,25);1H. The minimum Gasteiger partial charge on any atom is -0.465 e. The summed E-state index contributed by atoms with van der Waals surface area (Å²) in [6, 6.07) is 4.51. The summed E-state index contributed by atoms with van der Waals surface area (Å²) >= 11 is 0. The smallest absolute Gasteiger partial charge is 0.387 e. The number of rotatable bonds is 8. The highest BCUT2D eigenvalue weighted by atomic mass is 127. The third kappa shape index (κ3) is 6.37. The Hall–Kier alpha value is -2.77. The van der Waals surface area contributed by atoms with Gasteiger partial charge in [0.2, 0.25) is 6.79 Å². The van der Waals surface area contributed by atoms with Crippen molar-refractivity contribution < 1.29 is 36.9 Å². The van der Waals surface area contributed by atoms with E-state index in [2.05, 4.69) is 20.4 Å². The first kappa shape index (κ1) is 25.5. The maximum atomic E-state index is 12.8. The van der Waals surface area contributed by atoms with E-state index in [9.17, 15) is 13.6 Å². The molecule has 2 aromatic rings. The van der Waals surface area contributed by atoms with Crippen LogP contribution in [-0.2, 0) is 17.8 Å². The minimum absolute atomic E-state index is 0. The molecule has 0 saturated carbocycles. The molecule has 0 bridgehead atoms. The van der Waals surface area contributed by atoms with Crippen LogP contribution < -0.4 is 24.8 Å². The number of esters is 1. The maximum Gasteiger partial charge on any atom is 0.387 e. The Labute approximate surface area is 200 Å². The zero-order valence-corrected chi connectivity index (χ0v) is 20.0. The average Bonchev–Trinajstić information content (AvgIpc) is 3.34. The quantitative estimate of drug-likeness (QED) is 0.216. The highest BCUT2D eigenvalue weighted by Crippen LogP contribution is 2.39. The van der Waals surface area contributed by atoms with Crippen molar-refractivity contribution in [2.45, 2.75) is 33.5 Å². The zero-order valence-electron chi connectivity index (χ0n) is 17.7. The number of nitrogens with zero attached hydrogens (tertiary/aromatic N) is 1. The number of nitrogens with one attached hydrogen (secondary N) is 2. The lowest BCUT2D eigenvalue weighted by Crippen LogP contribution is -2.36. The Kier molecular flexibility index (Phi) is 9.35. The number of guanidine groups is 1. The van der Waals surface area contributed by atoms with E-state index in [0.29, 0.717) is 46.7 Å². The van der Waals surface area contributed by atoms with Crippen LogP contribution in [0.3, 0.4) is 0 Å². The minimum atomic E-state index is -2.99. The first-order valence-corrected chi connectivity index (χ1v) is 9.48. The summed E-state index contributed by atoms with van der Waals surface area (Å²) in [5.41, 5.74) is 0.749. The Morgan fingerprint density at radius 3 is 2.59 bits per heavy atom. The number of fused-ring (bicyclic) bond motifs is 1. The van der Waals surface area contributed by atoms with Crippen molar-refractivity contribution in [3.63, 3.8) is 0 Å². The maximum absolute atomic E-state index is 12.8. The summed E-state index contributed by atoms with van der Waals surface area (Å²) in [5.74, 6) is 1.62. The van der Waals surface area contributed by atoms with Gasteiger partial charge in [-0.25, -0.2) is 9.79 Å². The van der Waals surface area contributed by atoms with Crippen LogP contribution in [0.15, 0.2) is 27.6 Å². The van der Waals surface area contributed by atoms with E-state index >= 15 is 0 Å². The molecule has 2 N–H and O–H groups in total. The van der Waals surface area contributed by atoms with Crippen molar-refractivity contribution in [1.82, 2.24) is 10.6 Å². The number of carbonyl (C=O) groups is 1. The monoisotopic (exact) mass is 567 g/mol. The summed E-state index contributed by atoms with van der Waals surface area (Å²) in [7, 11) is 1.30. The zero-order chi connectivity index (χ0) is 22.4. The summed E-state index contributed by atoms with van der Waals surface area (Å²) in [6.07, 6.45) is 0. The van der Waals surface area contributed by atoms with E-state index in [1.807, 2.05) is 6.92 Å². The lowest BCUT2D eigenvalue weighted by molar-refractivity contribution is -0.0505. The Bertz CT molecular complexity index is 967. The number of aryl methyl sites for hydroxylation is 1. The molecule has 1 aliphatic rings. The van der Waals surface area contributed by atoms with Crippen molar-refractivity contribution >= 4 is 35.9 Å². The van der Waals surface area contributed by atoms with Crippen LogP contribution >= 0.6 is 24.0 Å². The van der Waals surface area contributed by atoms with Crippen LogP contribution in [0, 0.1) is 6.92 Å². The number of carbonyl (C=O) groups excluding carboxylic acids is 1. The molecule has 0 fully saturated rings. The second-order valence-corrected chi connectivity index (χ2v) is 6.41. The molecule has 0 spiro atoms. The Morgan fingerprint density at radius 2 is 1.94 bits per heavy atom. The number of hydrogen-bond acceptors (Lipinski definition) is 7.